The first kappa shape index (κ1) is 19.9. The van der Waals surface area contributed by atoms with E-state index in [1.165, 1.54) is 21.3 Å². The van der Waals surface area contributed by atoms with Gasteiger partial charge in [0.05, 0.1) is 40.8 Å². The maximum absolute atomic E-state index is 11.8. The van der Waals surface area contributed by atoms with Crippen LogP contribution in [-0.2, 0) is 38.1 Å². The van der Waals surface area contributed by atoms with Crippen molar-refractivity contribution >= 4 is 31.2 Å². The minimum atomic E-state index is -0.907. The highest BCUT2D eigenvalue weighted by Gasteiger charge is 2.33. The molecule has 0 aliphatic carbocycles. The first-order chi connectivity index (χ1) is 10.4. The van der Waals surface area contributed by atoms with Crippen molar-refractivity contribution in [1.29, 1.82) is 0 Å². The predicted octanol–water partition coefficient (Wildman–Crippen LogP) is -0.138. The van der Waals surface area contributed by atoms with E-state index in [1.54, 1.807) is 6.92 Å². The number of carbonyl (C=O) groups excluding carboxylic acids is 4. The molecular weight excluding hydrogens is 295 g/mol. The molecule has 0 aliphatic rings. The number of ether oxygens (including phenoxy) is 4. The van der Waals surface area contributed by atoms with Crippen LogP contribution in [0, 0.1) is 0 Å². The minimum absolute atomic E-state index is 0.0761. The van der Waals surface area contributed by atoms with Crippen molar-refractivity contribution in [2.75, 3.05) is 27.9 Å². The Morgan fingerprint density at radius 3 is 1.64 bits per heavy atom. The molecule has 0 N–H and O–H groups in total. The molecule has 0 amide bonds. The van der Waals surface area contributed by atoms with E-state index >= 15 is 0 Å². The Morgan fingerprint density at radius 1 is 0.818 bits per heavy atom. The molecule has 0 aromatic rings. The fourth-order valence-corrected chi connectivity index (χ4v) is 1.91. The lowest BCUT2D eigenvalue weighted by Crippen LogP contribution is -2.29. The Kier molecular flexibility index (Phi) is 9.65. The van der Waals surface area contributed by atoms with Crippen LogP contribution >= 0.6 is 0 Å². The van der Waals surface area contributed by atoms with E-state index in [9.17, 15) is 19.2 Å². The standard InChI is InChI=1S/C13H21BO8/c1-5-22-11(16)7-9(13(18)21-4)14-8(12(17)20-3)6-10(15)19-2/h8-9,14H,5-7H2,1-4H3. The highest BCUT2D eigenvalue weighted by molar-refractivity contribution is 6.51. The van der Waals surface area contributed by atoms with Crippen molar-refractivity contribution in [3.05, 3.63) is 0 Å². The molecule has 0 radical (unpaired) electrons. The summed E-state index contributed by atoms with van der Waals surface area (Å²) in [5.74, 6) is -4.33. The van der Waals surface area contributed by atoms with Gasteiger partial charge in [0.15, 0.2) is 7.28 Å². The summed E-state index contributed by atoms with van der Waals surface area (Å²) < 4.78 is 18.5. The summed E-state index contributed by atoms with van der Waals surface area (Å²) in [7, 11) is 3.46. The third kappa shape index (κ3) is 7.10. The van der Waals surface area contributed by atoms with Gasteiger partial charge in [-0.2, -0.15) is 0 Å². The molecule has 9 heteroatoms. The maximum atomic E-state index is 11.8. The average Bonchev–Trinajstić information content (AvgIpc) is 2.51. The normalized spacial score (nSPS) is 12.5. The van der Waals surface area contributed by atoms with E-state index in [0.29, 0.717) is 0 Å². The number of esters is 4. The topological polar surface area (TPSA) is 105 Å². The van der Waals surface area contributed by atoms with Gasteiger partial charge >= 0.3 is 23.9 Å². The van der Waals surface area contributed by atoms with Crippen LogP contribution in [0.4, 0.5) is 0 Å². The molecule has 8 nitrogen and oxygen atoms in total. The summed E-state index contributed by atoms with van der Waals surface area (Å²) >= 11 is 0. The van der Waals surface area contributed by atoms with Crippen molar-refractivity contribution < 1.29 is 38.1 Å². The summed E-state index contributed by atoms with van der Waals surface area (Å²) in [5.41, 5.74) is 0. The Hall–Kier alpha value is -2.06. The molecule has 0 fully saturated rings. The van der Waals surface area contributed by atoms with Gasteiger partial charge in [-0.05, 0) is 6.92 Å². The second-order valence-corrected chi connectivity index (χ2v) is 4.47. The molecule has 0 saturated carbocycles. The molecule has 22 heavy (non-hydrogen) atoms. The van der Waals surface area contributed by atoms with Crippen molar-refractivity contribution in [1.82, 2.24) is 0 Å². The lowest BCUT2D eigenvalue weighted by atomic mass is 9.52. The summed E-state index contributed by atoms with van der Waals surface area (Å²) in [5, 5.41) is 0. The van der Waals surface area contributed by atoms with Crippen LogP contribution in [0.3, 0.4) is 0 Å². The number of methoxy groups -OCH3 is 3. The summed E-state index contributed by atoms with van der Waals surface area (Å²) in [6.07, 6.45) is -0.491. The van der Waals surface area contributed by atoms with Gasteiger partial charge in [-0.3, -0.25) is 19.2 Å². The van der Waals surface area contributed by atoms with E-state index in [4.69, 9.17) is 4.74 Å². The molecule has 124 valence electrons. The van der Waals surface area contributed by atoms with Gasteiger partial charge in [-0.15, -0.1) is 0 Å². The van der Waals surface area contributed by atoms with Crippen LogP contribution < -0.4 is 0 Å². The van der Waals surface area contributed by atoms with Crippen LogP contribution in [0.5, 0.6) is 0 Å². The van der Waals surface area contributed by atoms with E-state index in [2.05, 4.69) is 14.2 Å². The lowest BCUT2D eigenvalue weighted by molar-refractivity contribution is -0.149. The van der Waals surface area contributed by atoms with Gasteiger partial charge in [0, 0.05) is 11.6 Å². The zero-order valence-electron chi connectivity index (χ0n) is 13.2. The first-order valence-electron chi connectivity index (χ1n) is 6.77. The van der Waals surface area contributed by atoms with Gasteiger partial charge in [0.2, 0.25) is 0 Å². The van der Waals surface area contributed by atoms with E-state index in [0.717, 1.165) is 0 Å². The van der Waals surface area contributed by atoms with Crippen LogP contribution in [0.2, 0.25) is 11.6 Å². The monoisotopic (exact) mass is 316 g/mol. The van der Waals surface area contributed by atoms with Gasteiger partial charge in [-0.1, -0.05) is 0 Å². The van der Waals surface area contributed by atoms with Crippen LogP contribution in [0.25, 0.3) is 0 Å². The van der Waals surface area contributed by atoms with E-state index < -0.39 is 35.5 Å². The zero-order chi connectivity index (χ0) is 17.1. The van der Waals surface area contributed by atoms with E-state index in [-0.39, 0.29) is 26.7 Å². The smallest absolute Gasteiger partial charge is 0.305 e. The molecule has 0 spiro atoms. The molecule has 0 rings (SSSR count). The maximum Gasteiger partial charge on any atom is 0.305 e. The average molecular weight is 316 g/mol. The predicted molar refractivity (Wildman–Crippen MR) is 76.6 cm³/mol. The molecule has 0 aliphatic heterocycles. The highest BCUT2D eigenvalue weighted by Crippen LogP contribution is 2.23. The van der Waals surface area contributed by atoms with Crippen LogP contribution in [-0.4, -0.2) is 59.1 Å². The fourth-order valence-electron chi connectivity index (χ4n) is 1.91. The van der Waals surface area contributed by atoms with Crippen molar-refractivity contribution in [3.8, 4) is 0 Å². The largest absolute Gasteiger partial charge is 0.469 e. The number of hydrogen-bond donors (Lipinski definition) is 0. The second kappa shape index (κ2) is 10.6. The SMILES string of the molecule is CCOC(=O)CC(BC(CC(=O)OC)C(=O)OC)C(=O)OC. The molecular formula is C13H21BO8. The number of rotatable bonds is 9. The Morgan fingerprint density at radius 2 is 1.27 bits per heavy atom. The summed E-state index contributed by atoms with van der Waals surface area (Å²) in [6.45, 7) is 1.81. The van der Waals surface area contributed by atoms with Gasteiger partial charge in [0.25, 0.3) is 0 Å². The second-order valence-electron chi connectivity index (χ2n) is 4.47. The van der Waals surface area contributed by atoms with Gasteiger partial charge in [-0.25, -0.2) is 0 Å². The fraction of sp³-hybridized carbons (Fsp3) is 0.692. The zero-order valence-corrected chi connectivity index (χ0v) is 13.2. The summed E-state index contributed by atoms with van der Waals surface area (Å²) in [4.78, 5) is 46.4. The van der Waals surface area contributed by atoms with Crippen LogP contribution in [0.1, 0.15) is 19.8 Å². The Labute approximate surface area is 129 Å². The van der Waals surface area contributed by atoms with Gasteiger partial charge in [0.1, 0.15) is 0 Å². The number of carbonyl (C=O) groups is 4. The van der Waals surface area contributed by atoms with Crippen molar-refractivity contribution in [3.63, 3.8) is 0 Å². The molecule has 0 aromatic heterocycles. The third-order valence-corrected chi connectivity index (χ3v) is 3.00. The lowest BCUT2D eigenvalue weighted by Gasteiger charge is -2.18. The molecule has 0 saturated heterocycles. The quantitative estimate of drug-likeness (QED) is 0.329. The Balaban J connectivity index is 5.01. The minimum Gasteiger partial charge on any atom is -0.469 e. The third-order valence-electron chi connectivity index (χ3n) is 3.00. The number of hydrogen-bond acceptors (Lipinski definition) is 8. The molecule has 0 heterocycles. The Bertz CT molecular complexity index is 409. The van der Waals surface area contributed by atoms with Gasteiger partial charge < -0.3 is 18.9 Å². The first-order valence-corrected chi connectivity index (χ1v) is 6.77. The van der Waals surface area contributed by atoms with Crippen molar-refractivity contribution in [2.24, 2.45) is 0 Å². The van der Waals surface area contributed by atoms with Crippen LogP contribution in [0.15, 0.2) is 0 Å². The molecule has 0 bridgehead atoms. The highest BCUT2D eigenvalue weighted by atomic mass is 16.5. The van der Waals surface area contributed by atoms with E-state index in [1.807, 2.05) is 0 Å². The summed E-state index contributed by atoms with van der Waals surface area (Å²) in [6, 6.07) is 0. The molecule has 0 aromatic carbocycles. The molecule has 2 atom stereocenters. The van der Waals surface area contributed by atoms with Crippen molar-refractivity contribution in [2.45, 2.75) is 31.4 Å². The molecule has 2 unspecified atom stereocenters.